The normalized spacial score (nSPS) is 31.3. The van der Waals surface area contributed by atoms with Crippen LogP contribution in [0.2, 0.25) is 0 Å². The minimum Gasteiger partial charge on any atom is -0.313 e. The van der Waals surface area contributed by atoms with Gasteiger partial charge in [-0.1, -0.05) is 5.18 Å². The maximum atomic E-state index is 10.1. The maximum Gasteiger partial charge on any atom is 0.0920 e. The zero-order valence-corrected chi connectivity index (χ0v) is 6.62. The molecule has 0 atom stereocenters. The summed E-state index contributed by atoms with van der Waals surface area (Å²) in [5, 5.41) is 9.96. The molecule has 0 spiro atoms. The lowest BCUT2D eigenvalue weighted by Gasteiger charge is -2.22. The van der Waals surface area contributed by atoms with Crippen LogP contribution in [0.1, 0.15) is 32.1 Å². The summed E-state index contributed by atoms with van der Waals surface area (Å²) in [4.78, 5) is 10.1. The molecule has 0 heterocycles. The zero-order valence-electron chi connectivity index (χ0n) is 6.62. The lowest BCUT2D eigenvalue weighted by Crippen LogP contribution is -2.16. The molecule has 3 heteroatoms. The van der Waals surface area contributed by atoms with Crippen molar-refractivity contribution in [1.82, 2.24) is 0 Å². The summed E-state index contributed by atoms with van der Waals surface area (Å²) in [5.74, 6) is 0.644. The highest BCUT2D eigenvalue weighted by Gasteiger charge is 2.20. The molecule has 0 radical (unpaired) electrons. The van der Waals surface area contributed by atoms with Crippen molar-refractivity contribution in [2.45, 2.75) is 38.1 Å². The van der Waals surface area contributed by atoms with Gasteiger partial charge < -0.3 is 5.41 Å². The molecule has 0 unspecified atom stereocenters. The Morgan fingerprint density at radius 3 is 2.45 bits per heavy atom. The molecule has 62 valence electrons. The predicted molar refractivity (Wildman–Crippen MR) is 44.9 cm³/mol. The monoisotopic (exact) mass is 154 g/mol. The lowest BCUT2D eigenvalue weighted by molar-refractivity contribution is 0.335. The molecule has 0 aliphatic heterocycles. The Labute approximate surface area is 66.7 Å². The van der Waals surface area contributed by atoms with Gasteiger partial charge in [-0.25, -0.2) is 0 Å². The summed E-state index contributed by atoms with van der Waals surface area (Å²) >= 11 is 0. The first-order valence-electron chi connectivity index (χ1n) is 4.18. The van der Waals surface area contributed by atoms with Gasteiger partial charge in [0.2, 0.25) is 0 Å². The summed E-state index contributed by atoms with van der Waals surface area (Å²) < 4.78 is 0. The number of rotatable bonds is 3. The first-order valence-corrected chi connectivity index (χ1v) is 4.18. The van der Waals surface area contributed by atoms with Crippen molar-refractivity contribution in [3.05, 3.63) is 4.91 Å². The summed E-state index contributed by atoms with van der Waals surface area (Å²) in [6, 6.07) is 0.0667. The van der Waals surface area contributed by atoms with Gasteiger partial charge in [0.05, 0.1) is 6.04 Å². The van der Waals surface area contributed by atoms with Crippen LogP contribution < -0.4 is 0 Å². The third-order valence-corrected chi connectivity index (χ3v) is 2.42. The van der Waals surface area contributed by atoms with E-state index in [0.29, 0.717) is 5.92 Å². The lowest BCUT2D eigenvalue weighted by atomic mass is 9.85. The van der Waals surface area contributed by atoms with E-state index in [9.17, 15) is 4.91 Å². The summed E-state index contributed by atoms with van der Waals surface area (Å²) in [7, 11) is 0. The van der Waals surface area contributed by atoms with Crippen LogP contribution in [0.4, 0.5) is 0 Å². The van der Waals surface area contributed by atoms with E-state index in [4.69, 9.17) is 5.41 Å². The van der Waals surface area contributed by atoms with E-state index >= 15 is 0 Å². The van der Waals surface area contributed by atoms with Crippen molar-refractivity contribution in [1.29, 1.82) is 5.41 Å². The quantitative estimate of drug-likeness (QED) is 0.492. The Balaban J connectivity index is 2.23. The molecule has 1 fully saturated rings. The van der Waals surface area contributed by atoms with Crippen molar-refractivity contribution in [2.75, 3.05) is 0 Å². The molecular formula is C8H14N2O. The topological polar surface area (TPSA) is 53.3 Å². The number of hydrogen-bond acceptors (Lipinski definition) is 3. The maximum absolute atomic E-state index is 10.1. The van der Waals surface area contributed by atoms with Crippen LogP contribution in [0.25, 0.3) is 0 Å². The highest BCUT2D eigenvalue weighted by atomic mass is 16.3. The van der Waals surface area contributed by atoms with Gasteiger partial charge >= 0.3 is 0 Å². The van der Waals surface area contributed by atoms with Gasteiger partial charge in [-0.2, -0.15) is 4.91 Å². The molecule has 0 amide bonds. The second-order valence-corrected chi connectivity index (χ2v) is 3.22. The molecule has 1 saturated carbocycles. The first-order chi connectivity index (χ1) is 5.36. The highest BCUT2D eigenvalue weighted by molar-refractivity contribution is 5.53. The second-order valence-electron chi connectivity index (χ2n) is 3.22. The summed E-state index contributed by atoms with van der Waals surface area (Å²) in [6.45, 7) is 0. The molecule has 3 nitrogen and oxygen atoms in total. The zero-order chi connectivity index (χ0) is 8.10. The Bertz CT molecular complexity index is 139. The average molecular weight is 154 g/mol. The molecule has 1 aliphatic carbocycles. The molecule has 0 bridgehead atoms. The third-order valence-electron chi connectivity index (χ3n) is 2.42. The van der Waals surface area contributed by atoms with Crippen LogP contribution in [-0.4, -0.2) is 12.3 Å². The SMILES string of the molecule is N=CCC1CCC(N=O)CC1. The standard InChI is InChI=1S/C8H14N2O/c9-6-5-7-1-3-8(10-11)4-2-7/h6-9H,1-5H2. The van der Waals surface area contributed by atoms with Crippen LogP contribution in [0.5, 0.6) is 0 Å². The van der Waals surface area contributed by atoms with E-state index in [0.717, 1.165) is 32.1 Å². The van der Waals surface area contributed by atoms with Crippen molar-refractivity contribution in [3.63, 3.8) is 0 Å². The molecular weight excluding hydrogens is 140 g/mol. The van der Waals surface area contributed by atoms with E-state index in [1.165, 1.54) is 6.21 Å². The van der Waals surface area contributed by atoms with Gasteiger partial charge in [0.1, 0.15) is 0 Å². The molecule has 0 aromatic heterocycles. The van der Waals surface area contributed by atoms with Crippen LogP contribution >= 0.6 is 0 Å². The van der Waals surface area contributed by atoms with Gasteiger partial charge in [-0.15, -0.1) is 0 Å². The van der Waals surface area contributed by atoms with Crippen molar-refractivity contribution in [2.24, 2.45) is 11.1 Å². The molecule has 0 aromatic rings. The number of nitrogens with one attached hydrogen (secondary N) is 1. The highest BCUT2D eigenvalue weighted by Crippen LogP contribution is 2.27. The smallest absolute Gasteiger partial charge is 0.0920 e. The van der Waals surface area contributed by atoms with Gasteiger partial charge in [-0.3, -0.25) is 0 Å². The van der Waals surface area contributed by atoms with E-state index < -0.39 is 0 Å². The Morgan fingerprint density at radius 2 is 2.00 bits per heavy atom. The van der Waals surface area contributed by atoms with Crippen molar-refractivity contribution in [3.8, 4) is 0 Å². The second kappa shape index (κ2) is 4.21. The van der Waals surface area contributed by atoms with E-state index in [1.54, 1.807) is 0 Å². The van der Waals surface area contributed by atoms with Gasteiger partial charge in [0, 0.05) is 0 Å². The minimum absolute atomic E-state index is 0.0667. The molecule has 11 heavy (non-hydrogen) atoms. The van der Waals surface area contributed by atoms with Crippen molar-refractivity contribution < 1.29 is 0 Å². The summed E-state index contributed by atoms with van der Waals surface area (Å²) in [5.41, 5.74) is 0. The van der Waals surface area contributed by atoms with Gasteiger partial charge in [0.25, 0.3) is 0 Å². The van der Waals surface area contributed by atoms with Gasteiger partial charge in [-0.05, 0) is 44.2 Å². The Kier molecular flexibility index (Phi) is 3.20. The average Bonchev–Trinajstić information content (AvgIpc) is 2.07. The fourth-order valence-electron chi connectivity index (χ4n) is 1.65. The molecule has 1 aliphatic rings. The molecule has 1 N–H and O–H groups in total. The molecule has 0 aromatic carbocycles. The Hall–Kier alpha value is -0.730. The van der Waals surface area contributed by atoms with Crippen molar-refractivity contribution >= 4 is 6.21 Å². The molecule has 1 rings (SSSR count). The number of nitrogens with zero attached hydrogens (tertiary/aromatic N) is 1. The van der Waals surface area contributed by atoms with Crippen LogP contribution in [0.3, 0.4) is 0 Å². The van der Waals surface area contributed by atoms with E-state index in [1.807, 2.05) is 0 Å². The minimum atomic E-state index is 0.0667. The molecule has 0 saturated heterocycles. The van der Waals surface area contributed by atoms with Crippen LogP contribution in [-0.2, 0) is 0 Å². The first kappa shape index (κ1) is 8.37. The van der Waals surface area contributed by atoms with Crippen LogP contribution in [0, 0.1) is 16.2 Å². The number of nitroso groups, excluding NO2 is 1. The van der Waals surface area contributed by atoms with E-state index in [2.05, 4.69) is 5.18 Å². The third kappa shape index (κ3) is 2.41. The predicted octanol–water partition coefficient (Wildman–Crippen LogP) is 2.35. The van der Waals surface area contributed by atoms with E-state index in [-0.39, 0.29) is 6.04 Å². The fraction of sp³-hybridized carbons (Fsp3) is 0.875. The van der Waals surface area contributed by atoms with Gasteiger partial charge in [0.15, 0.2) is 0 Å². The summed E-state index contributed by atoms with van der Waals surface area (Å²) in [6.07, 6.45) is 6.37. The van der Waals surface area contributed by atoms with Crippen LogP contribution in [0.15, 0.2) is 5.18 Å². The fourth-order valence-corrected chi connectivity index (χ4v) is 1.65. The Morgan fingerprint density at radius 1 is 1.36 bits per heavy atom. The largest absolute Gasteiger partial charge is 0.313 e. The number of hydrogen-bond donors (Lipinski definition) is 1.